The summed E-state index contributed by atoms with van der Waals surface area (Å²) in [4.78, 5) is 2.80. The highest BCUT2D eigenvalue weighted by Crippen LogP contribution is 2.29. The van der Waals surface area contributed by atoms with Crippen molar-refractivity contribution in [3.8, 4) is 0 Å². The summed E-state index contributed by atoms with van der Waals surface area (Å²) in [5.74, 6) is 1.02. The van der Waals surface area contributed by atoms with Gasteiger partial charge >= 0.3 is 0 Å². The molecule has 0 bridgehead atoms. The van der Waals surface area contributed by atoms with Crippen molar-refractivity contribution in [2.75, 3.05) is 19.6 Å². The molecule has 2 rings (SSSR count). The molecular formula is C16H32N2. The van der Waals surface area contributed by atoms with E-state index in [0.29, 0.717) is 0 Å². The monoisotopic (exact) mass is 252 g/mol. The third kappa shape index (κ3) is 3.71. The Morgan fingerprint density at radius 2 is 1.78 bits per heavy atom. The fourth-order valence-corrected chi connectivity index (χ4v) is 3.93. The smallest absolute Gasteiger partial charge is 0.0249 e. The van der Waals surface area contributed by atoms with Crippen LogP contribution in [-0.2, 0) is 0 Å². The number of hydrogen-bond acceptors (Lipinski definition) is 2. The van der Waals surface area contributed by atoms with E-state index in [4.69, 9.17) is 0 Å². The van der Waals surface area contributed by atoms with Crippen LogP contribution >= 0.6 is 0 Å². The maximum absolute atomic E-state index is 3.77. The van der Waals surface area contributed by atoms with Crippen molar-refractivity contribution < 1.29 is 0 Å². The van der Waals surface area contributed by atoms with Crippen molar-refractivity contribution in [1.82, 2.24) is 10.2 Å². The lowest BCUT2D eigenvalue weighted by Crippen LogP contribution is -2.49. The molecule has 0 radical (unpaired) electrons. The van der Waals surface area contributed by atoms with Crippen LogP contribution < -0.4 is 5.32 Å². The molecule has 0 aromatic rings. The topological polar surface area (TPSA) is 15.3 Å². The van der Waals surface area contributed by atoms with E-state index >= 15 is 0 Å². The van der Waals surface area contributed by atoms with Crippen molar-refractivity contribution in [2.24, 2.45) is 5.92 Å². The number of nitrogens with zero attached hydrogens (tertiary/aromatic N) is 1. The van der Waals surface area contributed by atoms with Crippen LogP contribution in [0.4, 0.5) is 0 Å². The van der Waals surface area contributed by atoms with Crippen molar-refractivity contribution in [2.45, 2.75) is 77.3 Å². The van der Waals surface area contributed by atoms with Crippen LogP contribution in [0.2, 0.25) is 0 Å². The Kier molecular flexibility index (Phi) is 5.97. The van der Waals surface area contributed by atoms with Gasteiger partial charge in [0.05, 0.1) is 0 Å². The van der Waals surface area contributed by atoms with E-state index in [9.17, 15) is 0 Å². The second kappa shape index (κ2) is 7.49. The molecule has 0 aromatic heterocycles. The minimum absolute atomic E-state index is 0.785. The molecule has 0 amide bonds. The van der Waals surface area contributed by atoms with Gasteiger partial charge in [0.25, 0.3) is 0 Å². The molecule has 2 nitrogen and oxygen atoms in total. The van der Waals surface area contributed by atoms with Crippen LogP contribution in [0.25, 0.3) is 0 Å². The van der Waals surface area contributed by atoms with Crippen LogP contribution in [0.15, 0.2) is 0 Å². The maximum Gasteiger partial charge on any atom is 0.0249 e. The highest BCUT2D eigenvalue weighted by molar-refractivity contribution is 4.91. The molecule has 1 aliphatic heterocycles. The summed E-state index contributed by atoms with van der Waals surface area (Å²) >= 11 is 0. The summed E-state index contributed by atoms with van der Waals surface area (Å²) in [5.41, 5.74) is 0. The molecule has 1 saturated carbocycles. The van der Waals surface area contributed by atoms with Crippen molar-refractivity contribution in [1.29, 1.82) is 0 Å². The minimum Gasteiger partial charge on any atom is -0.312 e. The van der Waals surface area contributed by atoms with E-state index in [0.717, 1.165) is 18.0 Å². The molecule has 2 heteroatoms. The van der Waals surface area contributed by atoms with Crippen LogP contribution in [0.1, 0.15) is 65.2 Å². The Morgan fingerprint density at radius 3 is 2.44 bits per heavy atom. The molecule has 2 unspecified atom stereocenters. The molecule has 2 aliphatic rings. The average molecular weight is 252 g/mol. The Labute approximate surface area is 114 Å². The number of hydrogen-bond donors (Lipinski definition) is 1. The van der Waals surface area contributed by atoms with Gasteiger partial charge in [0.15, 0.2) is 0 Å². The lowest BCUT2D eigenvalue weighted by atomic mass is 9.91. The van der Waals surface area contributed by atoms with Gasteiger partial charge in [-0.2, -0.15) is 0 Å². The third-order valence-corrected chi connectivity index (χ3v) is 4.95. The molecule has 1 N–H and O–H groups in total. The Hall–Kier alpha value is -0.0800. The normalized spacial score (nSPS) is 31.0. The second-order valence-electron chi connectivity index (χ2n) is 6.33. The van der Waals surface area contributed by atoms with Crippen molar-refractivity contribution in [3.05, 3.63) is 0 Å². The van der Waals surface area contributed by atoms with Gasteiger partial charge in [-0.05, 0) is 57.7 Å². The molecule has 1 aliphatic carbocycles. The van der Waals surface area contributed by atoms with E-state index < -0.39 is 0 Å². The number of nitrogens with one attached hydrogen (secondary N) is 1. The first kappa shape index (κ1) is 14.3. The van der Waals surface area contributed by atoms with Gasteiger partial charge in [-0.3, -0.25) is 4.90 Å². The Morgan fingerprint density at radius 1 is 1.00 bits per heavy atom. The summed E-state index contributed by atoms with van der Waals surface area (Å²) in [6.07, 6.45) is 11.3. The van der Waals surface area contributed by atoms with Gasteiger partial charge in [-0.1, -0.05) is 33.1 Å². The zero-order chi connectivity index (χ0) is 12.8. The van der Waals surface area contributed by atoms with Gasteiger partial charge in [-0.15, -0.1) is 0 Å². The molecule has 0 aromatic carbocycles. The highest BCUT2D eigenvalue weighted by atomic mass is 15.2. The van der Waals surface area contributed by atoms with E-state index in [2.05, 4.69) is 24.1 Å². The molecule has 0 spiro atoms. The van der Waals surface area contributed by atoms with Gasteiger partial charge in [0.2, 0.25) is 0 Å². The van der Waals surface area contributed by atoms with Gasteiger partial charge in [0, 0.05) is 12.1 Å². The minimum atomic E-state index is 0.785. The van der Waals surface area contributed by atoms with Gasteiger partial charge in [0.1, 0.15) is 0 Å². The Bertz CT molecular complexity index is 221. The van der Waals surface area contributed by atoms with Gasteiger partial charge in [-0.25, -0.2) is 0 Å². The standard InChI is InChI=1S/C16H32N2/c1-3-6-14-9-12-18(13-10-14)16-8-5-7-15(16)17-11-4-2/h14-17H,3-13H2,1-2H3. The fourth-order valence-electron chi connectivity index (χ4n) is 3.93. The number of likely N-dealkylation sites (tertiary alicyclic amines) is 1. The molecule has 2 atom stereocenters. The van der Waals surface area contributed by atoms with Crippen molar-refractivity contribution in [3.63, 3.8) is 0 Å². The molecule has 1 saturated heterocycles. The summed E-state index contributed by atoms with van der Waals surface area (Å²) in [7, 11) is 0. The van der Waals surface area contributed by atoms with Gasteiger partial charge < -0.3 is 5.32 Å². The Balaban J connectivity index is 1.77. The molecule has 1 heterocycles. The van der Waals surface area contributed by atoms with E-state index in [1.165, 1.54) is 71.0 Å². The summed E-state index contributed by atoms with van der Waals surface area (Å²) in [5, 5.41) is 3.77. The first-order chi connectivity index (χ1) is 8.85. The SMILES string of the molecule is CCCNC1CCCC1N1CCC(CCC)CC1. The molecule has 2 fully saturated rings. The average Bonchev–Trinajstić information content (AvgIpc) is 2.86. The largest absolute Gasteiger partial charge is 0.312 e. The second-order valence-corrected chi connectivity index (χ2v) is 6.33. The maximum atomic E-state index is 3.77. The first-order valence-corrected chi connectivity index (χ1v) is 8.32. The predicted molar refractivity (Wildman–Crippen MR) is 78.9 cm³/mol. The highest BCUT2D eigenvalue weighted by Gasteiger charge is 2.33. The van der Waals surface area contributed by atoms with E-state index in [1.807, 2.05) is 0 Å². The number of piperidine rings is 1. The zero-order valence-corrected chi connectivity index (χ0v) is 12.5. The third-order valence-electron chi connectivity index (χ3n) is 4.95. The number of rotatable bonds is 6. The van der Waals surface area contributed by atoms with Crippen LogP contribution in [0, 0.1) is 5.92 Å². The lowest BCUT2D eigenvalue weighted by Gasteiger charge is -2.38. The van der Waals surface area contributed by atoms with E-state index in [1.54, 1.807) is 0 Å². The summed E-state index contributed by atoms with van der Waals surface area (Å²) in [6.45, 7) is 8.52. The summed E-state index contributed by atoms with van der Waals surface area (Å²) in [6, 6.07) is 1.63. The molecular weight excluding hydrogens is 220 g/mol. The van der Waals surface area contributed by atoms with Crippen LogP contribution in [0.3, 0.4) is 0 Å². The summed E-state index contributed by atoms with van der Waals surface area (Å²) < 4.78 is 0. The molecule has 18 heavy (non-hydrogen) atoms. The molecule has 106 valence electrons. The van der Waals surface area contributed by atoms with Crippen LogP contribution in [-0.4, -0.2) is 36.6 Å². The quantitative estimate of drug-likeness (QED) is 0.779. The fraction of sp³-hybridized carbons (Fsp3) is 1.00. The first-order valence-electron chi connectivity index (χ1n) is 8.32. The van der Waals surface area contributed by atoms with Crippen molar-refractivity contribution >= 4 is 0 Å². The predicted octanol–water partition coefficient (Wildman–Crippen LogP) is 3.42. The zero-order valence-electron chi connectivity index (χ0n) is 12.5. The van der Waals surface area contributed by atoms with Crippen LogP contribution in [0.5, 0.6) is 0 Å². The van der Waals surface area contributed by atoms with E-state index in [-0.39, 0.29) is 0 Å². The lowest BCUT2D eigenvalue weighted by molar-refractivity contribution is 0.115.